The molecular weight excluding hydrogens is 530 g/mol. The van der Waals surface area contributed by atoms with Gasteiger partial charge in [-0.3, -0.25) is 9.36 Å². The van der Waals surface area contributed by atoms with Gasteiger partial charge in [-0.2, -0.15) is 5.10 Å². The van der Waals surface area contributed by atoms with Crippen LogP contribution in [0.3, 0.4) is 0 Å². The molecule has 0 saturated carbocycles. The molecule has 0 aliphatic rings. The number of ether oxygens (including phenoxy) is 2. The van der Waals surface area contributed by atoms with Crippen molar-refractivity contribution in [3.63, 3.8) is 0 Å². The van der Waals surface area contributed by atoms with Crippen molar-refractivity contribution < 1.29 is 14.3 Å². The van der Waals surface area contributed by atoms with Crippen LogP contribution in [0, 0.1) is 0 Å². The fourth-order valence-corrected chi connectivity index (χ4v) is 4.37. The fourth-order valence-electron chi connectivity index (χ4n) is 3.24. The highest BCUT2D eigenvalue weighted by Crippen LogP contribution is 2.29. The van der Waals surface area contributed by atoms with Crippen molar-refractivity contribution >= 4 is 39.8 Å². The minimum absolute atomic E-state index is 0.107. The lowest BCUT2D eigenvalue weighted by Gasteiger charge is -2.11. The van der Waals surface area contributed by atoms with Crippen LogP contribution < -0.4 is 14.9 Å². The van der Waals surface area contributed by atoms with E-state index in [1.807, 2.05) is 77.4 Å². The molecule has 1 heterocycles. The highest BCUT2D eigenvalue weighted by Gasteiger charge is 2.17. The van der Waals surface area contributed by atoms with Crippen LogP contribution >= 0.6 is 27.7 Å². The quantitative estimate of drug-likeness (QED) is 0.180. The van der Waals surface area contributed by atoms with Crippen molar-refractivity contribution in [3.8, 4) is 28.6 Å². The maximum absolute atomic E-state index is 12.5. The lowest BCUT2D eigenvalue weighted by molar-refractivity contribution is -0.118. The summed E-state index contributed by atoms with van der Waals surface area (Å²) in [4.78, 5) is 12.5. The van der Waals surface area contributed by atoms with Gasteiger partial charge in [0.25, 0.3) is 5.91 Å². The summed E-state index contributed by atoms with van der Waals surface area (Å²) < 4.78 is 13.4. The zero-order chi connectivity index (χ0) is 24.6. The van der Waals surface area contributed by atoms with E-state index in [1.165, 1.54) is 11.8 Å². The van der Waals surface area contributed by atoms with Gasteiger partial charge < -0.3 is 9.47 Å². The summed E-state index contributed by atoms with van der Waals surface area (Å²) in [6, 6.07) is 22.9. The fraction of sp³-hybridized carbons (Fsp3) is 0.120. The number of hydrogen-bond donors (Lipinski definition) is 1. The van der Waals surface area contributed by atoms with Crippen LogP contribution in [-0.2, 0) is 4.79 Å². The van der Waals surface area contributed by atoms with Gasteiger partial charge in [-0.15, -0.1) is 10.2 Å². The van der Waals surface area contributed by atoms with E-state index in [4.69, 9.17) is 9.47 Å². The van der Waals surface area contributed by atoms with Crippen LogP contribution in [0.2, 0.25) is 0 Å². The number of benzene rings is 3. The molecule has 1 aromatic heterocycles. The number of thioether (sulfide) groups is 1. The Morgan fingerprint density at radius 2 is 1.83 bits per heavy atom. The number of halogens is 1. The Kier molecular flexibility index (Phi) is 8.17. The van der Waals surface area contributed by atoms with Gasteiger partial charge in [-0.25, -0.2) is 5.43 Å². The standard InChI is InChI=1S/C25H22BrN5O3S/c1-33-21-11-9-20(10-12-21)31-24(17-6-4-3-5-7-17)29-30-25(31)35-16-23(32)28-27-15-18-14-19(26)8-13-22(18)34-2/h3-15H,16H2,1-2H3,(H,28,32)/b27-15-. The smallest absolute Gasteiger partial charge is 0.250 e. The Balaban J connectivity index is 1.50. The van der Waals surface area contributed by atoms with Gasteiger partial charge in [-0.1, -0.05) is 58.0 Å². The summed E-state index contributed by atoms with van der Waals surface area (Å²) in [7, 11) is 3.21. The summed E-state index contributed by atoms with van der Waals surface area (Å²) in [5.74, 6) is 1.91. The first kappa shape index (κ1) is 24.5. The molecule has 8 nitrogen and oxygen atoms in total. The van der Waals surface area contributed by atoms with Crippen molar-refractivity contribution in [1.29, 1.82) is 0 Å². The molecule has 0 spiro atoms. The van der Waals surface area contributed by atoms with Crippen LogP contribution in [0.15, 0.2) is 87.5 Å². The van der Waals surface area contributed by atoms with Crippen molar-refractivity contribution in [2.24, 2.45) is 5.10 Å². The Labute approximate surface area is 215 Å². The van der Waals surface area contributed by atoms with E-state index in [0.717, 1.165) is 27.0 Å². The first-order valence-electron chi connectivity index (χ1n) is 10.5. The molecule has 0 bridgehead atoms. The van der Waals surface area contributed by atoms with Crippen molar-refractivity contribution in [1.82, 2.24) is 20.2 Å². The molecule has 0 atom stereocenters. The monoisotopic (exact) mass is 551 g/mol. The van der Waals surface area contributed by atoms with Gasteiger partial charge in [0.05, 0.1) is 26.2 Å². The molecule has 1 N–H and O–H groups in total. The van der Waals surface area contributed by atoms with E-state index in [9.17, 15) is 4.79 Å². The maximum atomic E-state index is 12.5. The van der Waals surface area contributed by atoms with E-state index in [2.05, 4.69) is 36.7 Å². The topological polar surface area (TPSA) is 90.6 Å². The molecule has 4 aromatic rings. The number of nitrogens with zero attached hydrogens (tertiary/aromatic N) is 4. The molecule has 10 heteroatoms. The molecule has 3 aromatic carbocycles. The van der Waals surface area contributed by atoms with Crippen LogP contribution in [0.1, 0.15) is 5.56 Å². The first-order chi connectivity index (χ1) is 17.1. The second-order valence-corrected chi connectivity index (χ2v) is 9.03. The normalized spacial score (nSPS) is 10.9. The molecule has 178 valence electrons. The molecule has 35 heavy (non-hydrogen) atoms. The van der Waals surface area contributed by atoms with E-state index >= 15 is 0 Å². The van der Waals surface area contributed by atoms with Gasteiger partial charge in [0.2, 0.25) is 0 Å². The Bertz CT molecular complexity index is 1330. The number of aromatic nitrogens is 3. The third kappa shape index (κ3) is 6.09. The van der Waals surface area contributed by atoms with E-state index in [-0.39, 0.29) is 11.7 Å². The zero-order valence-corrected chi connectivity index (χ0v) is 21.4. The highest BCUT2D eigenvalue weighted by molar-refractivity contribution is 9.10. The lowest BCUT2D eigenvalue weighted by Crippen LogP contribution is -2.20. The van der Waals surface area contributed by atoms with Crippen LogP contribution in [0.5, 0.6) is 11.5 Å². The second-order valence-electron chi connectivity index (χ2n) is 7.17. The molecule has 0 radical (unpaired) electrons. The van der Waals surface area contributed by atoms with Gasteiger partial charge in [-0.05, 0) is 42.5 Å². The minimum Gasteiger partial charge on any atom is -0.497 e. The van der Waals surface area contributed by atoms with Crippen molar-refractivity contribution in [2.45, 2.75) is 5.16 Å². The van der Waals surface area contributed by atoms with Crippen LogP contribution in [0.4, 0.5) is 0 Å². The highest BCUT2D eigenvalue weighted by atomic mass is 79.9. The summed E-state index contributed by atoms with van der Waals surface area (Å²) in [5.41, 5.74) is 5.06. The summed E-state index contributed by atoms with van der Waals surface area (Å²) >= 11 is 4.69. The van der Waals surface area contributed by atoms with E-state index in [1.54, 1.807) is 20.4 Å². The largest absolute Gasteiger partial charge is 0.497 e. The summed E-state index contributed by atoms with van der Waals surface area (Å²) in [6.07, 6.45) is 1.54. The predicted octanol–water partition coefficient (Wildman–Crippen LogP) is 4.96. The lowest BCUT2D eigenvalue weighted by atomic mass is 10.2. The first-order valence-corrected chi connectivity index (χ1v) is 12.3. The molecular formula is C25H22BrN5O3S. The molecule has 1 amide bonds. The summed E-state index contributed by atoms with van der Waals surface area (Å²) in [6.45, 7) is 0. The number of carbonyl (C=O) groups is 1. The number of hydrazone groups is 1. The second kappa shape index (κ2) is 11.7. The Morgan fingerprint density at radius 3 is 2.54 bits per heavy atom. The molecule has 4 rings (SSSR count). The Hall–Kier alpha value is -3.63. The average molecular weight is 552 g/mol. The third-order valence-corrected chi connectivity index (χ3v) is 6.34. The van der Waals surface area contributed by atoms with Crippen molar-refractivity contribution in [2.75, 3.05) is 20.0 Å². The molecule has 0 saturated heterocycles. The van der Waals surface area contributed by atoms with Gasteiger partial charge in [0.1, 0.15) is 11.5 Å². The number of hydrogen-bond acceptors (Lipinski definition) is 7. The molecule has 0 unspecified atom stereocenters. The number of rotatable bonds is 9. The van der Waals surface area contributed by atoms with E-state index in [0.29, 0.717) is 16.7 Å². The zero-order valence-electron chi connectivity index (χ0n) is 19.0. The minimum atomic E-state index is -0.272. The number of carbonyl (C=O) groups excluding carboxylic acids is 1. The van der Waals surface area contributed by atoms with Crippen LogP contribution in [-0.4, -0.2) is 46.9 Å². The molecule has 0 aliphatic heterocycles. The third-order valence-electron chi connectivity index (χ3n) is 4.91. The van der Waals surface area contributed by atoms with Gasteiger partial charge >= 0.3 is 0 Å². The van der Waals surface area contributed by atoms with E-state index < -0.39 is 0 Å². The van der Waals surface area contributed by atoms with Gasteiger partial charge in [0, 0.05) is 21.3 Å². The number of nitrogens with one attached hydrogen (secondary N) is 1. The Morgan fingerprint density at radius 1 is 1.06 bits per heavy atom. The number of amides is 1. The van der Waals surface area contributed by atoms with Gasteiger partial charge in [0.15, 0.2) is 11.0 Å². The van der Waals surface area contributed by atoms with Crippen LogP contribution in [0.25, 0.3) is 17.1 Å². The SMILES string of the molecule is COc1ccc(-n2c(SCC(=O)N/N=C\c3cc(Br)ccc3OC)nnc2-c2ccccc2)cc1. The summed E-state index contributed by atoms with van der Waals surface area (Å²) in [5, 5.41) is 13.4. The maximum Gasteiger partial charge on any atom is 0.250 e. The average Bonchev–Trinajstić information content (AvgIpc) is 3.32. The number of methoxy groups -OCH3 is 2. The molecule has 0 aliphatic carbocycles. The predicted molar refractivity (Wildman–Crippen MR) is 141 cm³/mol. The van der Waals surface area contributed by atoms with Crippen molar-refractivity contribution in [3.05, 3.63) is 82.8 Å². The molecule has 0 fully saturated rings.